The Balaban J connectivity index is 1.78. The zero-order valence-corrected chi connectivity index (χ0v) is 9.65. The fraction of sp³-hybridized carbons (Fsp3) is 0.538. The topological polar surface area (TPSA) is 41.5 Å². The SMILES string of the molecule is Cc1ccccc1CCNC1COCC1O. The average molecular weight is 221 g/mol. The molecule has 16 heavy (non-hydrogen) atoms. The Labute approximate surface area is 96.4 Å². The second-order valence-corrected chi connectivity index (χ2v) is 4.34. The quantitative estimate of drug-likeness (QED) is 0.793. The third kappa shape index (κ3) is 2.82. The first kappa shape index (κ1) is 11.6. The van der Waals surface area contributed by atoms with Gasteiger partial charge in [0.05, 0.1) is 25.4 Å². The van der Waals surface area contributed by atoms with Crippen LogP contribution in [0.3, 0.4) is 0 Å². The summed E-state index contributed by atoms with van der Waals surface area (Å²) in [6, 6.07) is 8.50. The molecule has 1 heterocycles. The summed E-state index contributed by atoms with van der Waals surface area (Å²) in [5.74, 6) is 0. The van der Waals surface area contributed by atoms with Crippen molar-refractivity contribution < 1.29 is 9.84 Å². The largest absolute Gasteiger partial charge is 0.389 e. The van der Waals surface area contributed by atoms with Gasteiger partial charge in [0.2, 0.25) is 0 Å². The molecule has 0 bridgehead atoms. The first-order chi connectivity index (χ1) is 7.77. The molecule has 1 aliphatic rings. The Morgan fingerprint density at radius 3 is 2.88 bits per heavy atom. The fourth-order valence-corrected chi connectivity index (χ4v) is 2.02. The number of aryl methyl sites for hydroxylation is 1. The third-order valence-electron chi connectivity index (χ3n) is 3.11. The summed E-state index contributed by atoms with van der Waals surface area (Å²) in [6.45, 7) is 4.09. The molecular formula is C13H19NO2. The van der Waals surface area contributed by atoms with E-state index in [0.717, 1.165) is 13.0 Å². The van der Waals surface area contributed by atoms with E-state index in [9.17, 15) is 5.11 Å². The first-order valence-corrected chi connectivity index (χ1v) is 5.81. The summed E-state index contributed by atoms with van der Waals surface area (Å²) in [7, 11) is 0. The zero-order valence-electron chi connectivity index (χ0n) is 9.65. The number of benzene rings is 1. The Bertz CT molecular complexity index is 340. The number of hydrogen-bond acceptors (Lipinski definition) is 3. The van der Waals surface area contributed by atoms with Crippen molar-refractivity contribution in [3.8, 4) is 0 Å². The van der Waals surface area contributed by atoms with Crippen molar-refractivity contribution in [1.29, 1.82) is 0 Å². The van der Waals surface area contributed by atoms with Crippen molar-refractivity contribution in [3.63, 3.8) is 0 Å². The van der Waals surface area contributed by atoms with Gasteiger partial charge in [-0.2, -0.15) is 0 Å². The van der Waals surface area contributed by atoms with Gasteiger partial charge in [0, 0.05) is 0 Å². The van der Waals surface area contributed by atoms with E-state index >= 15 is 0 Å². The van der Waals surface area contributed by atoms with E-state index in [2.05, 4.69) is 36.5 Å². The van der Waals surface area contributed by atoms with Crippen LogP contribution in [0.15, 0.2) is 24.3 Å². The predicted molar refractivity (Wildman–Crippen MR) is 63.5 cm³/mol. The van der Waals surface area contributed by atoms with Crippen LogP contribution in [0.1, 0.15) is 11.1 Å². The van der Waals surface area contributed by atoms with Crippen LogP contribution in [0, 0.1) is 6.92 Å². The molecule has 1 saturated heterocycles. The van der Waals surface area contributed by atoms with Crippen molar-refractivity contribution in [3.05, 3.63) is 35.4 Å². The molecule has 0 radical (unpaired) electrons. The van der Waals surface area contributed by atoms with Crippen LogP contribution in [-0.2, 0) is 11.2 Å². The number of rotatable bonds is 4. The van der Waals surface area contributed by atoms with Gasteiger partial charge in [-0.25, -0.2) is 0 Å². The van der Waals surface area contributed by atoms with Crippen LogP contribution in [0.25, 0.3) is 0 Å². The molecule has 0 spiro atoms. The minimum absolute atomic E-state index is 0.101. The Hall–Kier alpha value is -0.900. The maximum atomic E-state index is 9.55. The normalized spacial score (nSPS) is 24.9. The number of nitrogens with one attached hydrogen (secondary N) is 1. The minimum Gasteiger partial charge on any atom is -0.389 e. The van der Waals surface area contributed by atoms with Crippen LogP contribution >= 0.6 is 0 Å². The number of hydrogen-bond donors (Lipinski definition) is 2. The predicted octanol–water partition coefficient (Wildman–Crippen LogP) is 0.887. The van der Waals surface area contributed by atoms with Gasteiger partial charge in [-0.1, -0.05) is 24.3 Å². The molecule has 3 nitrogen and oxygen atoms in total. The van der Waals surface area contributed by atoms with E-state index in [-0.39, 0.29) is 12.1 Å². The molecule has 1 aromatic carbocycles. The maximum Gasteiger partial charge on any atom is 0.0948 e. The molecule has 2 atom stereocenters. The number of aliphatic hydroxyl groups is 1. The second-order valence-electron chi connectivity index (χ2n) is 4.34. The summed E-state index contributed by atoms with van der Waals surface area (Å²) < 4.78 is 5.18. The molecule has 1 fully saturated rings. The van der Waals surface area contributed by atoms with E-state index in [4.69, 9.17) is 4.74 Å². The molecule has 0 amide bonds. The summed E-state index contributed by atoms with van der Waals surface area (Å²) in [6.07, 6.45) is 0.646. The molecule has 1 aliphatic heterocycles. The number of aliphatic hydroxyl groups excluding tert-OH is 1. The van der Waals surface area contributed by atoms with Gasteiger partial charge in [-0.05, 0) is 31.0 Å². The third-order valence-corrected chi connectivity index (χ3v) is 3.11. The van der Waals surface area contributed by atoms with Gasteiger partial charge >= 0.3 is 0 Å². The lowest BCUT2D eigenvalue weighted by molar-refractivity contribution is 0.122. The maximum absolute atomic E-state index is 9.55. The molecule has 0 aromatic heterocycles. The second kappa shape index (κ2) is 5.43. The van der Waals surface area contributed by atoms with Gasteiger partial charge in [0.15, 0.2) is 0 Å². The summed E-state index contributed by atoms with van der Waals surface area (Å²) >= 11 is 0. The van der Waals surface area contributed by atoms with E-state index in [1.807, 2.05) is 0 Å². The lowest BCUT2D eigenvalue weighted by atomic mass is 10.1. The van der Waals surface area contributed by atoms with Gasteiger partial charge in [0.25, 0.3) is 0 Å². The van der Waals surface area contributed by atoms with E-state index < -0.39 is 0 Å². The van der Waals surface area contributed by atoms with Gasteiger partial charge in [-0.15, -0.1) is 0 Å². The van der Waals surface area contributed by atoms with Crippen LogP contribution < -0.4 is 5.32 Å². The van der Waals surface area contributed by atoms with Gasteiger partial charge in [0.1, 0.15) is 0 Å². The van der Waals surface area contributed by atoms with E-state index in [1.165, 1.54) is 11.1 Å². The van der Waals surface area contributed by atoms with Crippen molar-refractivity contribution in [2.45, 2.75) is 25.5 Å². The summed E-state index contributed by atoms with van der Waals surface area (Å²) in [5.41, 5.74) is 2.69. The fourth-order valence-electron chi connectivity index (χ4n) is 2.02. The van der Waals surface area contributed by atoms with Crippen molar-refractivity contribution >= 4 is 0 Å². The van der Waals surface area contributed by atoms with Crippen LogP contribution in [-0.4, -0.2) is 37.0 Å². The summed E-state index contributed by atoms with van der Waals surface area (Å²) in [5, 5.41) is 12.9. The van der Waals surface area contributed by atoms with Gasteiger partial charge in [-0.3, -0.25) is 0 Å². The van der Waals surface area contributed by atoms with Crippen molar-refractivity contribution in [2.24, 2.45) is 0 Å². The highest BCUT2D eigenvalue weighted by Crippen LogP contribution is 2.08. The molecule has 0 aliphatic carbocycles. The Morgan fingerprint density at radius 2 is 2.19 bits per heavy atom. The molecule has 88 valence electrons. The number of ether oxygens (including phenoxy) is 1. The zero-order chi connectivity index (χ0) is 11.4. The van der Waals surface area contributed by atoms with Crippen LogP contribution in [0.5, 0.6) is 0 Å². The molecular weight excluding hydrogens is 202 g/mol. The van der Waals surface area contributed by atoms with Gasteiger partial charge < -0.3 is 15.2 Å². The molecule has 3 heteroatoms. The van der Waals surface area contributed by atoms with Crippen molar-refractivity contribution in [1.82, 2.24) is 5.32 Å². The summed E-state index contributed by atoms with van der Waals surface area (Å²) in [4.78, 5) is 0. The standard InChI is InChI=1S/C13H19NO2/c1-10-4-2-3-5-11(10)6-7-14-12-8-16-9-13(12)15/h2-5,12-15H,6-9H2,1H3. The highest BCUT2D eigenvalue weighted by atomic mass is 16.5. The van der Waals surface area contributed by atoms with E-state index in [1.54, 1.807) is 0 Å². The lowest BCUT2D eigenvalue weighted by Gasteiger charge is -2.14. The molecule has 2 unspecified atom stereocenters. The van der Waals surface area contributed by atoms with Crippen LogP contribution in [0.4, 0.5) is 0 Å². The molecule has 2 rings (SSSR count). The highest BCUT2D eigenvalue weighted by molar-refractivity contribution is 5.25. The minimum atomic E-state index is -0.350. The van der Waals surface area contributed by atoms with Crippen molar-refractivity contribution in [2.75, 3.05) is 19.8 Å². The molecule has 1 aromatic rings. The lowest BCUT2D eigenvalue weighted by Crippen LogP contribution is -2.39. The molecule has 2 N–H and O–H groups in total. The average Bonchev–Trinajstić information content (AvgIpc) is 2.67. The Kier molecular flexibility index (Phi) is 3.93. The first-order valence-electron chi connectivity index (χ1n) is 5.81. The molecule has 0 saturated carbocycles. The van der Waals surface area contributed by atoms with Crippen LogP contribution in [0.2, 0.25) is 0 Å². The van der Waals surface area contributed by atoms with E-state index in [0.29, 0.717) is 13.2 Å². The Morgan fingerprint density at radius 1 is 1.38 bits per heavy atom. The monoisotopic (exact) mass is 221 g/mol. The highest BCUT2D eigenvalue weighted by Gasteiger charge is 2.24. The smallest absolute Gasteiger partial charge is 0.0948 e.